The topological polar surface area (TPSA) is 64.2 Å². The number of piperidine rings is 1. The number of fused-ring (bicyclic) bond motifs is 1. The first kappa shape index (κ1) is 15.6. The summed E-state index contributed by atoms with van der Waals surface area (Å²) in [6, 6.07) is 1.82. The second-order valence-electron chi connectivity index (χ2n) is 7.04. The maximum absolute atomic E-state index is 12.3. The van der Waals surface area contributed by atoms with Gasteiger partial charge in [0.25, 0.3) is 5.56 Å². The molecular weight excluding hydrogens is 304 g/mol. The number of aromatic nitrogens is 3. The Morgan fingerprint density at radius 3 is 2.83 bits per heavy atom. The molecule has 0 atom stereocenters. The number of hydrogen-bond acceptors (Lipinski definition) is 5. The van der Waals surface area contributed by atoms with Crippen molar-refractivity contribution in [2.45, 2.75) is 51.6 Å². The minimum atomic E-state index is 0.0701. The number of rotatable bonds is 4. The zero-order valence-electron chi connectivity index (χ0n) is 14.0. The van der Waals surface area contributed by atoms with Gasteiger partial charge in [0.1, 0.15) is 6.26 Å². The quantitative estimate of drug-likeness (QED) is 0.859. The fraction of sp³-hybridized carbons (Fsp3) is 0.611. The van der Waals surface area contributed by atoms with Gasteiger partial charge < -0.3 is 4.42 Å². The fourth-order valence-corrected chi connectivity index (χ4v) is 3.85. The minimum absolute atomic E-state index is 0.0701. The molecule has 0 spiro atoms. The average molecular weight is 328 g/mol. The second kappa shape index (κ2) is 6.89. The molecule has 6 nitrogen and oxygen atoms in total. The summed E-state index contributed by atoms with van der Waals surface area (Å²) in [7, 11) is 0. The van der Waals surface area contributed by atoms with Crippen molar-refractivity contribution in [1.29, 1.82) is 0 Å². The SMILES string of the molecule is O=c1cc2c(nn1CC1CCN(Cc3cocn3)CC1)CCCC2. The highest BCUT2D eigenvalue weighted by atomic mass is 16.3. The molecule has 1 aliphatic heterocycles. The van der Waals surface area contributed by atoms with E-state index in [0.717, 1.165) is 63.3 Å². The molecule has 0 saturated carbocycles. The van der Waals surface area contributed by atoms with Crippen molar-refractivity contribution in [1.82, 2.24) is 19.7 Å². The third-order valence-electron chi connectivity index (χ3n) is 5.28. The van der Waals surface area contributed by atoms with E-state index in [1.807, 2.05) is 6.07 Å². The first-order valence-corrected chi connectivity index (χ1v) is 8.97. The van der Waals surface area contributed by atoms with E-state index >= 15 is 0 Å². The number of likely N-dealkylation sites (tertiary alicyclic amines) is 1. The van der Waals surface area contributed by atoms with Crippen LogP contribution in [0, 0.1) is 5.92 Å². The monoisotopic (exact) mass is 328 g/mol. The lowest BCUT2D eigenvalue weighted by Gasteiger charge is -2.31. The highest BCUT2D eigenvalue weighted by Crippen LogP contribution is 2.21. The van der Waals surface area contributed by atoms with Crippen molar-refractivity contribution >= 4 is 0 Å². The van der Waals surface area contributed by atoms with Crippen LogP contribution in [0.2, 0.25) is 0 Å². The van der Waals surface area contributed by atoms with Gasteiger partial charge in [-0.2, -0.15) is 5.10 Å². The van der Waals surface area contributed by atoms with Crippen molar-refractivity contribution in [3.05, 3.63) is 46.0 Å². The molecule has 24 heavy (non-hydrogen) atoms. The van der Waals surface area contributed by atoms with Crippen LogP contribution < -0.4 is 5.56 Å². The Bertz CT molecular complexity index is 730. The summed E-state index contributed by atoms with van der Waals surface area (Å²) in [6.07, 6.45) is 9.80. The Morgan fingerprint density at radius 2 is 2.04 bits per heavy atom. The molecule has 2 aromatic rings. The lowest BCUT2D eigenvalue weighted by atomic mass is 9.96. The molecule has 1 aliphatic carbocycles. The summed E-state index contributed by atoms with van der Waals surface area (Å²) in [5.41, 5.74) is 3.37. The predicted octanol–water partition coefficient (Wildman–Crippen LogP) is 2.02. The molecule has 6 heteroatoms. The number of nitrogens with zero attached hydrogens (tertiary/aromatic N) is 4. The summed E-state index contributed by atoms with van der Waals surface area (Å²) in [5.74, 6) is 0.533. The van der Waals surface area contributed by atoms with Crippen LogP contribution in [-0.4, -0.2) is 32.8 Å². The van der Waals surface area contributed by atoms with E-state index in [-0.39, 0.29) is 5.56 Å². The molecule has 0 bridgehead atoms. The molecule has 0 unspecified atom stereocenters. The van der Waals surface area contributed by atoms with Crippen LogP contribution in [0.25, 0.3) is 0 Å². The summed E-state index contributed by atoms with van der Waals surface area (Å²) < 4.78 is 6.74. The third-order valence-corrected chi connectivity index (χ3v) is 5.28. The summed E-state index contributed by atoms with van der Waals surface area (Å²) >= 11 is 0. The number of hydrogen-bond donors (Lipinski definition) is 0. The van der Waals surface area contributed by atoms with Gasteiger partial charge >= 0.3 is 0 Å². The van der Waals surface area contributed by atoms with Gasteiger partial charge in [0.15, 0.2) is 6.39 Å². The molecule has 0 N–H and O–H groups in total. The highest BCUT2D eigenvalue weighted by molar-refractivity contribution is 5.20. The van der Waals surface area contributed by atoms with Crippen molar-refractivity contribution in [3.63, 3.8) is 0 Å². The Hall–Kier alpha value is -1.95. The van der Waals surface area contributed by atoms with E-state index in [1.165, 1.54) is 24.8 Å². The Kier molecular flexibility index (Phi) is 4.47. The highest BCUT2D eigenvalue weighted by Gasteiger charge is 2.22. The first-order valence-electron chi connectivity index (χ1n) is 8.97. The Labute approximate surface area is 141 Å². The predicted molar refractivity (Wildman–Crippen MR) is 89.6 cm³/mol. The fourth-order valence-electron chi connectivity index (χ4n) is 3.85. The molecule has 4 rings (SSSR count). The van der Waals surface area contributed by atoms with Crippen LogP contribution >= 0.6 is 0 Å². The van der Waals surface area contributed by atoms with Crippen LogP contribution in [0.15, 0.2) is 27.9 Å². The average Bonchev–Trinajstić information content (AvgIpc) is 3.10. The van der Waals surface area contributed by atoms with E-state index in [0.29, 0.717) is 5.92 Å². The van der Waals surface area contributed by atoms with Gasteiger partial charge in [-0.25, -0.2) is 9.67 Å². The normalized spacial score (nSPS) is 19.3. The summed E-state index contributed by atoms with van der Waals surface area (Å²) in [6.45, 7) is 3.68. The molecule has 2 aromatic heterocycles. The van der Waals surface area contributed by atoms with Gasteiger partial charge in [-0.15, -0.1) is 0 Å². The van der Waals surface area contributed by atoms with Gasteiger partial charge in [0, 0.05) is 19.2 Å². The lowest BCUT2D eigenvalue weighted by Crippen LogP contribution is -2.37. The molecule has 0 amide bonds. The van der Waals surface area contributed by atoms with Crippen LogP contribution in [0.4, 0.5) is 0 Å². The molecule has 128 valence electrons. The van der Waals surface area contributed by atoms with E-state index < -0.39 is 0 Å². The van der Waals surface area contributed by atoms with Gasteiger partial charge in [-0.05, 0) is 63.1 Å². The molecule has 1 fully saturated rings. The third kappa shape index (κ3) is 3.43. The second-order valence-corrected chi connectivity index (χ2v) is 7.04. The zero-order chi connectivity index (χ0) is 16.4. The van der Waals surface area contributed by atoms with Gasteiger partial charge in [0.05, 0.1) is 11.4 Å². The van der Waals surface area contributed by atoms with E-state index in [2.05, 4.69) is 15.0 Å². The smallest absolute Gasteiger partial charge is 0.267 e. The molecular formula is C18H24N4O2. The van der Waals surface area contributed by atoms with E-state index in [4.69, 9.17) is 4.42 Å². The summed E-state index contributed by atoms with van der Waals surface area (Å²) in [4.78, 5) is 18.9. The lowest BCUT2D eigenvalue weighted by molar-refractivity contribution is 0.161. The van der Waals surface area contributed by atoms with E-state index in [9.17, 15) is 4.79 Å². The standard InChI is InChI=1S/C18H24N4O2/c23-18-9-15-3-1-2-4-17(15)20-22(18)10-14-5-7-21(8-6-14)11-16-12-24-13-19-16/h9,12-14H,1-8,10-11H2. The number of oxazole rings is 1. The minimum Gasteiger partial charge on any atom is -0.451 e. The van der Waals surface area contributed by atoms with Crippen molar-refractivity contribution in [2.75, 3.05) is 13.1 Å². The van der Waals surface area contributed by atoms with Gasteiger partial charge in [-0.1, -0.05) is 0 Å². The van der Waals surface area contributed by atoms with E-state index in [1.54, 1.807) is 10.9 Å². The molecule has 0 radical (unpaired) electrons. The van der Waals surface area contributed by atoms with Crippen molar-refractivity contribution in [2.24, 2.45) is 5.92 Å². The molecule has 3 heterocycles. The maximum atomic E-state index is 12.3. The van der Waals surface area contributed by atoms with Crippen molar-refractivity contribution in [3.8, 4) is 0 Å². The van der Waals surface area contributed by atoms with Crippen LogP contribution in [0.1, 0.15) is 42.6 Å². The molecule has 2 aliphatic rings. The van der Waals surface area contributed by atoms with Gasteiger partial charge in [-0.3, -0.25) is 9.69 Å². The number of aryl methyl sites for hydroxylation is 2. The van der Waals surface area contributed by atoms with Crippen LogP contribution in [-0.2, 0) is 25.9 Å². The Morgan fingerprint density at radius 1 is 1.21 bits per heavy atom. The Balaban J connectivity index is 1.36. The first-order chi connectivity index (χ1) is 11.8. The molecule has 1 saturated heterocycles. The van der Waals surface area contributed by atoms with Gasteiger partial charge in [0.2, 0.25) is 0 Å². The zero-order valence-corrected chi connectivity index (χ0v) is 14.0. The van der Waals surface area contributed by atoms with Crippen LogP contribution in [0.3, 0.4) is 0 Å². The molecule has 0 aromatic carbocycles. The van der Waals surface area contributed by atoms with Crippen LogP contribution in [0.5, 0.6) is 0 Å². The maximum Gasteiger partial charge on any atom is 0.267 e. The summed E-state index contributed by atoms with van der Waals surface area (Å²) in [5, 5.41) is 4.65. The van der Waals surface area contributed by atoms with Crippen molar-refractivity contribution < 1.29 is 4.42 Å². The largest absolute Gasteiger partial charge is 0.451 e.